The van der Waals surface area contributed by atoms with Crippen molar-refractivity contribution in [3.05, 3.63) is 64.7 Å². The smallest absolute Gasteiger partial charge is 0.262 e. The van der Waals surface area contributed by atoms with E-state index in [1.807, 2.05) is 45.0 Å². The van der Waals surface area contributed by atoms with E-state index in [0.717, 1.165) is 18.7 Å². The average Bonchev–Trinajstić information content (AvgIpc) is 3.01. The molecule has 32 heavy (non-hydrogen) atoms. The van der Waals surface area contributed by atoms with Crippen LogP contribution in [0.5, 0.6) is 0 Å². The Hall–Kier alpha value is -2.22. The van der Waals surface area contributed by atoms with Crippen LogP contribution in [0.25, 0.3) is 10.8 Å². The van der Waals surface area contributed by atoms with E-state index >= 15 is 0 Å². The van der Waals surface area contributed by atoms with E-state index in [0.29, 0.717) is 40.3 Å². The fourth-order valence-corrected chi connectivity index (χ4v) is 5.84. The van der Waals surface area contributed by atoms with Crippen LogP contribution >= 0.6 is 11.6 Å². The fourth-order valence-electron chi connectivity index (χ4n) is 4.30. The third-order valence-corrected chi connectivity index (χ3v) is 7.49. The van der Waals surface area contributed by atoms with Crippen molar-refractivity contribution in [2.24, 2.45) is 5.92 Å². The van der Waals surface area contributed by atoms with E-state index < -0.39 is 10.0 Å². The Morgan fingerprint density at radius 3 is 2.62 bits per heavy atom. The second-order valence-corrected chi connectivity index (χ2v) is 11.3. The number of ether oxygens (including phenoxy) is 2. The van der Waals surface area contributed by atoms with Gasteiger partial charge in [-0.3, -0.25) is 4.72 Å². The quantitative estimate of drug-likeness (QED) is 0.629. The number of halogens is 1. The molecule has 0 amide bonds. The van der Waals surface area contributed by atoms with Gasteiger partial charge in [0.2, 0.25) is 0 Å². The molecule has 4 rings (SSSR count). The SMILES string of the molecule is CN(C)CCOC1=C2OC(C)(C)CC2CC(NS(=O)(=O)c2ccc(Cl)c3ccccc23)=C1. The van der Waals surface area contributed by atoms with Crippen molar-refractivity contribution in [2.75, 3.05) is 27.2 Å². The molecule has 2 aromatic rings. The van der Waals surface area contributed by atoms with E-state index in [2.05, 4.69) is 4.72 Å². The number of allylic oxidation sites excluding steroid dienone is 3. The van der Waals surface area contributed by atoms with Gasteiger partial charge in [-0.1, -0.05) is 35.9 Å². The normalized spacial score (nSPS) is 20.2. The summed E-state index contributed by atoms with van der Waals surface area (Å²) in [4.78, 5) is 2.23. The Bertz CT molecular complexity index is 1200. The molecule has 1 atom stereocenters. The van der Waals surface area contributed by atoms with E-state index in [9.17, 15) is 8.42 Å². The van der Waals surface area contributed by atoms with Crippen LogP contribution in [0.2, 0.25) is 5.02 Å². The second kappa shape index (κ2) is 8.61. The van der Waals surface area contributed by atoms with Gasteiger partial charge in [0, 0.05) is 40.0 Å². The molecule has 1 N–H and O–H groups in total. The van der Waals surface area contributed by atoms with Crippen molar-refractivity contribution in [1.82, 2.24) is 9.62 Å². The van der Waals surface area contributed by atoms with Crippen LogP contribution in [0.1, 0.15) is 26.7 Å². The highest BCUT2D eigenvalue weighted by molar-refractivity contribution is 7.89. The van der Waals surface area contributed by atoms with Gasteiger partial charge in [-0.05, 0) is 52.9 Å². The molecule has 1 unspecified atom stereocenters. The van der Waals surface area contributed by atoms with Crippen LogP contribution in [0, 0.1) is 5.92 Å². The maximum atomic E-state index is 13.4. The molecule has 1 fully saturated rings. The highest BCUT2D eigenvalue weighted by Crippen LogP contribution is 2.45. The van der Waals surface area contributed by atoms with E-state index in [1.54, 1.807) is 30.3 Å². The largest absolute Gasteiger partial charge is 0.489 e. The van der Waals surface area contributed by atoms with Crippen LogP contribution < -0.4 is 4.72 Å². The predicted molar refractivity (Wildman–Crippen MR) is 127 cm³/mol. The molecule has 2 aromatic carbocycles. The van der Waals surface area contributed by atoms with Crippen LogP contribution in [0.4, 0.5) is 0 Å². The van der Waals surface area contributed by atoms with Gasteiger partial charge < -0.3 is 14.4 Å². The van der Waals surface area contributed by atoms with Crippen molar-refractivity contribution < 1.29 is 17.9 Å². The number of sulfonamides is 1. The Balaban J connectivity index is 1.65. The molecular formula is C24H29ClN2O4S. The molecule has 0 spiro atoms. The Morgan fingerprint density at radius 2 is 1.91 bits per heavy atom. The van der Waals surface area contributed by atoms with Gasteiger partial charge in [-0.25, -0.2) is 8.42 Å². The van der Waals surface area contributed by atoms with Gasteiger partial charge in [0.25, 0.3) is 10.0 Å². The van der Waals surface area contributed by atoms with E-state index in [-0.39, 0.29) is 16.4 Å². The lowest BCUT2D eigenvalue weighted by Gasteiger charge is -2.24. The summed E-state index contributed by atoms with van der Waals surface area (Å²) in [5, 5.41) is 1.81. The summed E-state index contributed by atoms with van der Waals surface area (Å²) in [5.41, 5.74) is 0.281. The zero-order chi connectivity index (χ0) is 23.1. The van der Waals surface area contributed by atoms with Gasteiger partial charge in [-0.2, -0.15) is 0 Å². The summed E-state index contributed by atoms with van der Waals surface area (Å²) in [6.45, 7) is 5.32. The molecule has 172 valence electrons. The fraction of sp³-hybridized carbons (Fsp3) is 0.417. The van der Waals surface area contributed by atoms with Crippen LogP contribution in [0.15, 0.2) is 64.6 Å². The number of hydrogen-bond donors (Lipinski definition) is 1. The number of likely N-dealkylation sites (N-methyl/N-ethyl adjacent to an activating group) is 1. The van der Waals surface area contributed by atoms with Crippen molar-refractivity contribution in [3.63, 3.8) is 0 Å². The second-order valence-electron chi connectivity index (χ2n) is 9.21. The maximum absolute atomic E-state index is 13.4. The Labute approximate surface area is 194 Å². The molecule has 8 heteroatoms. The molecule has 1 aliphatic carbocycles. The molecular weight excluding hydrogens is 448 g/mol. The molecule has 1 aliphatic heterocycles. The predicted octanol–water partition coefficient (Wildman–Crippen LogP) is 4.66. The molecule has 0 bridgehead atoms. The lowest BCUT2D eigenvalue weighted by atomic mass is 9.89. The lowest BCUT2D eigenvalue weighted by molar-refractivity contribution is 0.0635. The molecule has 1 heterocycles. The van der Waals surface area contributed by atoms with Gasteiger partial charge in [-0.15, -0.1) is 0 Å². The summed E-state index contributed by atoms with van der Waals surface area (Å²) >= 11 is 6.28. The van der Waals surface area contributed by atoms with E-state index in [4.69, 9.17) is 21.1 Å². The highest BCUT2D eigenvalue weighted by atomic mass is 35.5. The number of benzene rings is 2. The van der Waals surface area contributed by atoms with Gasteiger partial charge in [0.05, 0.1) is 4.90 Å². The maximum Gasteiger partial charge on any atom is 0.262 e. The molecule has 0 aromatic heterocycles. The molecule has 1 saturated heterocycles. The summed E-state index contributed by atoms with van der Waals surface area (Å²) in [5.74, 6) is 1.49. The Kier molecular flexibility index (Phi) is 6.18. The highest BCUT2D eigenvalue weighted by Gasteiger charge is 2.42. The van der Waals surface area contributed by atoms with Gasteiger partial charge >= 0.3 is 0 Å². The third kappa shape index (κ3) is 4.75. The molecule has 0 saturated carbocycles. The van der Waals surface area contributed by atoms with Crippen LogP contribution in [-0.4, -0.2) is 46.2 Å². The van der Waals surface area contributed by atoms with Crippen LogP contribution in [-0.2, 0) is 19.5 Å². The number of fused-ring (bicyclic) bond motifs is 2. The van der Waals surface area contributed by atoms with E-state index in [1.165, 1.54) is 0 Å². The van der Waals surface area contributed by atoms with Crippen molar-refractivity contribution >= 4 is 32.4 Å². The minimum absolute atomic E-state index is 0.0732. The number of nitrogens with zero attached hydrogens (tertiary/aromatic N) is 1. The summed E-state index contributed by atoms with van der Waals surface area (Å²) in [6, 6.07) is 10.4. The number of nitrogens with one attached hydrogen (secondary N) is 1. The van der Waals surface area contributed by atoms with Gasteiger partial charge in [0.15, 0.2) is 5.76 Å². The summed E-state index contributed by atoms with van der Waals surface area (Å²) in [6.07, 6.45) is 3.11. The summed E-state index contributed by atoms with van der Waals surface area (Å²) < 4.78 is 41.7. The van der Waals surface area contributed by atoms with Gasteiger partial charge in [0.1, 0.15) is 18.0 Å². The first-order valence-corrected chi connectivity index (χ1v) is 12.5. The first-order valence-electron chi connectivity index (χ1n) is 10.7. The first-order chi connectivity index (χ1) is 15.1. The molecule has 0 radical (unpaired) electrons. The monoisotopic (exact) mass is 476 g/mol. The lowest BCUT2D eigenvalue weighted by Crippen LogP contribution is -2.27. The standard InChI is InChI=1S/C24H29ClN2O4S/c1-24(2)15-16-13-17(14-21(23(16)31-24)30-12-11-27(3)4)26-32(28,29)22-10-9-20(25)18-7-5-6-8-19(18)22/h5-10,14,16,26H,11-13,15H2,1-4H3. The number of rotatable bonds is 7. The van der Waals surface area contributed by atoms with Crippen LogP contribution in [0.3, 0.4) is 0 Å². The average molecular weight is 477 g/mol. The Morgan fingerprint density at radius 1 is 1.19 bits per heavy atom. The zero-order valence-electron chi connectivity index (χ0n) is 18.8. The van der Waals surface area contributed by atoms with Crippen molar-refractivity contribution in [3.8, 4) is 0 Å². The minimum Gasteiger partial charge on any atom is -0.489 e. The van der Waals surface area contributed by atoms with Crippen molar-refractivity contribution in [1.29, 1.82) is 0 Å². The molecule has 6 nitrogen and oxygen atoms in total. The minimum atomic E-state index is -3.82. The number of hydrogen-bond acceptors (Lipinski definition) is 5. The topological polar surface area (TPSA) is 67.9 Å². The van der Waals surface area contributed by atoms with Crippen molar-refractivity contribution in [2.45, 2.75) is 37.2 Å². The first kappa shape index (κ1) is 23.0. The summed E-state index contributed by atoms with van der Waals surface area (Å²) in [7, 11) is 0.134. The zero-order valence-corrected chi connectivity index (χ0v) is 20.4. The molecule has 2 aliphatic rings. The third-order valence-electron chi connectivity index (χ3n) is 5.69.